The number of carboxylic acid groups (broad SMARTS) is 1. The number of halogens is 1. The first kappa shape index (κ1) is 16.0. The van der Waals surface area contributed by atoms with Crippen LogP contribution in [0.25, 0.3) is 0 Å². The molecule has 1 saturated heterocycles. The summed E-state index contributed by atoms with van der Waals surface area (Å²) in [5.41, 5.74) is -1.57. The van der Waals surface area contributed by atoms with Crippen LogP contribution >= 0.6 is 0 Å². The SMILES string of the molecule is O=C(O)[C@@H]1CC[C@@](F)(CNC(=O)N2CCCCCCC2)C1. The van der Waals surface area contributed by atoms with E-state index in [4.69, 9.17) is 5.11 Å². The Bertz CT molecular complexity index is 383. The van der Waals surface area contributed by atoms with Gasteiger partial charge in [0.05, 0.1) is 12.5 Å². The van der Waals surface area contributed by atoms with E-state index < -0.39 is 17.6 Å². The second-order valence-electron chi connectivity index (χ2n) is 6.34. The van der Waals surface area contributed by atoms with Gasteiger partial charge in [-0.15, -0.1) is 0 Å². The average Bonchev–Trinajstić information content (AvgIpc) is 2.79. The quantitative estimate of drug-likeness (QED) is 0.841. The molecule has 0 bridgehead atoms. The van der Waals surface area contributed by atoms with E-state index in [1.54, 1.807) is 4.90 Å². The van der Waals surface area contributed by atoms with Gasteiger partial charge in [0.2, 0.25) is 0 Å². The van der Waals surface area contributed by atoms with E-state index >= 15 is 0 Å². The number of aliphatic carboxylic acids is 1. The highest BCUT2D eigenvalue weighted by Crippen LogP contribution is 2.37. The predicted octanol–water partition coefficient (Wildman–Crippen LogP) is 2.56. The third-order valence-corrected chi connectivity index (χ3v) is 4.60. The van der Waals surface area contributed by atoms with Crippen molar-refractivity contribution in [3.63, 3.8) is 0 Å². The molecule has 1 aliphatic carbocycles. The molecular weight excluding hydrogens is 275 g/mol. The number of rotatable bonds is 3. The number of hydrogen-bond donors (Lipinski definition) is 2. The van der Waals surface area contributed by atoms with Crippen LogP contribution in [-0.4, -0.2) is 47.3 Å². The normalized spacial score (nSPS) is 30.5. The van der Waals surface area contributed by atoms with Crippen molar-refractivity contribution < 1.29 is 19.1 Å². The van der Waals surface area contributed by atoms with Crippen LogP contribution in [0.5, 0.6) is 0 Å². The molecule has 6 heteroatoms. The number of likely N-dealkylation sites (tertiary alicyclic amines) is 1. The zero-order valence-corrected chi connectivity index (χ0v) is 12.4. The molecule has 1 aliphatic heterocycles. The molecule has 2 N–H and O–H groups in total. The number of amides is 2. The van der Waals surface area contributed by atoms with Crippen LogP contribution in [0, 0.1) is 5.92 Å². The highest BCUT2D eigenvalue weighted by Gasteiger charge is 2.42. The molecule has 0 radical (unpaired) electrons. The van der Waals surface area contributed by atoms with Gasteiger partial charge in [0.15, 0.2) is 0 Å². The Hall–Kier alpha value is -1.33. The predicted molar refractivity (Wildman–Crippen MR) is 76.9 cm³/mol. The van der Waals surface area contributed by atoms with Gasteiger partial charge >= 0.3 is 12.0 Å². The molecule has 0 unspecified atom stereocenters. The van der Waals surface area contributed by atoms with Gasteiger partial charge in [0.1, 0.15) is 5.67 Å². The topological polar surface area (TPSA) is 69.6 Å². The van der Waals surface area contributed by atoms with Crippen LogP contribution in [0.1, 0.15) is 51.4 Å². The zero-order chi connectivity index (χ0) is 15.3. The number of alkyl halides is 1. The van der Waals surface area contributed by atoms with E-state index in [9.17, 15) is 14.0 Å². The Balaban J connectivity index is 1.79. The molecule has 1 heterocycles. The molecule has 0 aromatic heterocycles. The van der Waals surface area contributed by atoms with E-state index in [1.165, 1.54) is 6.42 Å². The first-order chi connectivity index (χ1) is 10.0. The van der Waals surface area contributed by atoms with Crippen LogP contribution in [0.15, 0.2) is 0 Å². The van der Waals surface area contributed by atoms with Crippen molar-refractivity contribution in [2.75, 3.05) is 19.6 Å². The highest BCUT2D eigenvalue weighted by molar-refractivity contribution is 5.74. The second-order valence-corrected chi connectivity index (χ2v) is 6.34. The summed E-state index contributed by atoms with van der Waals surface area (Å²) in [6, 6.07) is -0.215. The molecule has 2 atom stereocenters. The fraction of sp³-hybridized carbons (Fsp3) is 0.867. The molecule has 21 heavy (non-hydrogen) atoms. The van der Waals surface area contributed by atoms with Gasteiger partial charge in [-0.2, -0.15) is 0 Å². The van der Waals surface area contributed by atoms with Gasteiger partial charge in [-0.3, -0.25) is 4.79 Å². The summed E-state index contributed by atoms with van der Waals surface area (Å²) >= 11 is 0. The van der Waals surface area contributed by atoms with Crippen molar-refractivity contribution in [3.8, 4) is 0 Å². The molecule has 120 valence electrons. The van der Waals surface area contributed by atoms with E-state index in [0.29, 0.717) is 6.42 Å². The van der Waals surface area contributed by atoms with E-state index in [1.807, 2.05) is 0 Å². The number of carbonyl (C=O) groups is 2. The lowest BCUT2D eigenvalue weighted by molar-refractivity contribution is -0.141. The lowest BCUT2D eigenvalue weighted by atomic mass is 10.0. The van der Waals surface area contributed by atoms with Gasteiger partial charge < -0.3 is 15.3 Å². The molecule has 0 aromatic rings. The third kappa shape index (κ3) is 4.58. The molecule has 5 nitrogen and oxygen atoms in total. The molecule has 2 fully saturated rings. The fourth-order valence-electron chi connectivity index (χ4n) is 3.25. The van der Waals surface area contributed by atoms with Crippen molar-refractivity contribution in [3.05, 3.63) is 0 Å². The Labute approximate surface area is 124 Å². The summed E-state index contributed by atoms with van der Waals surface area (Å²) < 4.78 is 14.5. The maximum absolute atomic E-state index is 14.5. The lowest BCUT2D eigenvalue weighted by Crippen LogP contribution is -2.46. The monoisotopic (exact) mass is 300 g/mol. The number of urea groups is 1. The van der Waals surface area contributed by atoms with Gasteiger partial charge in [-0.1, -0.05) is 19.3 Å². The minimum atomic E-state index is -1.57. The summed E-state index contributed by atoms with van der Waals surface area (Å²) in [5.74, 6) is -1.56. The van der Waals surface area contributed by atoms with Gasteiger partial charge in [0.25, 0.3) is 0 Å². The van der Waals surface area contributed by atoms with Crippen LogP contribution in [0.2, 0.25) is 0 Å². The third-order valence-electron chi connectivity index (χ3n) is 4.60. The van der Waals surface area contributed by atoms with E-state index in [2.05, 4.69) is 5.32 Å². The van der Waals surface area contributed by atoms with Crippen LogP contribution in [0.3, 0.4) is 0 Å². The Kier molecular flexibility index (Phi) is 5.42. The smallest absolute Gasteiger partial charge is 0.317 e. The Morgan fingerprint density at radius 2 is 1.81 bits per heavy atom. The number of nitrogens with one attached hydrogen (secondary N) is 1. The number of hydrogen-bond acceptors (Lipinski definition) is 2. The van der Waals surface area contributed by atoms with E-state index in [0.717, 1.165) is 38.8 Å². The molecular formula is C15H25FN2O3. The van der Waals surface area contributed by atoms with Crippen LogP contribution in [-0.2, 0) is 4.79 Å². The Morgan fingerprint density at radius 1 is 1.19 bits per heavy atom. The van der Waals surface area contributed by atoms with Crippen molar-refractivity contribution >= 4 is 12.0 Å². The van der Waals surface area contributed by atoms with Crippen LogP contribution < -0.4 is 5.32 Å². The maximum atomic E-state index is 14.5. The minimum Gasteiger partial charge on any atom is -0.481 e. The average molecular weight is 300 g/mol. The first-order valence-corrected chi connectivity index (χ1v) is 7.95. The molecule has 0 spiro atoms. The van der Waals surface area contributed by atoms with Crippen molar-refractivity contribution in [2.45, 2.75) is 57.0 Å². The summed E-state index contributed by atoms with van der Waals surface area (Å²) in [4.78, 5) is 24.7. The van der Waals surface area contributed by atoms with Crippen molar-refractivity contribution in [1.29, 1.82) is 0 Å². The lowest BCUT2D eigenvalue weighted by Gasteiger charge is -2.27. The largest absolute Gasteiger partial charge is 0.481 e. The molecule has 0 aromatic carbocycles. The standard InChI is InChI=1S/C15H25FN2O3/c16-15(7-6-12(10-15)13(19)20)11-17-14(21)18-8-4-2-1-3-5-9-18/h12H,1-11H2,(H,17,21)(H,19,20)/t12-,15+/m1/s1. The van der Waals surface area contributed by atoms with Crippen molar-refractivity contribution in [1.82, 2.24) is 10.2 Å². The minimum absolute atomic E-state index is 0.00259. The van der Waals surface area contributed by atoms with E-state index in [-0.39, 0.29) is 25.4 Å². The summed E-state index contributed by atoms with van der Waals surface area (Å²) in [7, 11) is 0. The zero-order valence-electron chi connectivity index (χ0n) is 12.4. The number of nitrogens with zero attached hydrogens (tertiary/aromatic N) is 1. The summed E-state index contributed by atoms with van der Waals surface area (Å²) in [6.45, 7) is 1.37. The molecule has 2 rings (SSSR count). The molecule has 2 aliphatic rings. The van der Waals surface area contributed by atoms with Gasteiger partial charge in [-0.25, -0.2) is 9.18 Å². The number of carboxylic acids is 1. The summed E-state index contributed by atoms with van der Waals surface area (Å²) in [5, 5.41) is 11.6. The molecule has 2 amide bonds. The highest BCUT2D eigenvalue weighted by atomic mass is 19.1. The van der Waals surface area contributed by atoms with Crippen molar-refractivity contribution in [2.24, 2.45) is 5.92 Å². The van der Waals surface area contributed by atoms with Gasteiger partial charge in [0, 0.05) is 13.1 Å². The first-order valence-electron chi connectivity index (χ1n) is 7.95. The maximum Gasteiger partial charge on any atom is 0.317 e. The molecule has 1 saturated carbocycles. The summed E-state index contributed by atoms with van der Waals surface area (Å²) in [6.07, 6.45) is 6.05. The number of carbonyl (C=O) groups excluding carboxylic acids is 1. The Morgan fingerprint density at radius 3 is 2.38 bits per heavy atom. The van der Waals surface area contributed by atoms with Gasteiger partial charge in [-0.05, 0) is 32.1 Å². The van der Waals surface area contributed by atoms with Crippen LogP contribution in [0.4, 0.5) is 9.18 Å². The second kappa shape index (κ2) is 7.09. The fourth-order valence-corrected chi connectivity index (χ4v) is 3.25.